The van der Waals surface area contributed by atoms with E-state index in [0.717, 1.165) is 44.6 Å². The Kier molecular flexibility index (Phi) is 4.47. The normalized spacial score (nSPS) is 20.1. The Bertz CT molecular complexity index is 655. The summed E-state index contributed by atoms with van der Waals surface area (Å²) in [5.41, 5.74) is 7.98. The quantitative estimate of drug-likeness (QED) is 0.843. The molecule has 0 aromatic heterocycles. The van der Waals surface area contributed by atoms with Gasteiger partial charge in [0.25, 0.3) is 0 Å². The first kappa shape index (κ1) is 16.1. The summed E-state index contributed by atoms with van der Waals surface area (Å²) in [7, 11) is 0. The SMILES string of the molecule is CC(=O)N1CC(N2CCC(c3cc(C#N)cc(N)c3Cl)CC2)C1. The number of nitrogens with two attached hydrogens (primary N) is 1. The Hall–Kier alpha value is -1.77. The van der Waals surface area contributed by atoms with Gasteiger partial charge in [0.1, 0.15) is 0 Å². The summed E-state index contributed by atoms with van der Waals surface area (Å²) in [6, 6.07) is 6.15. The van der Waals surface area contributed by atoms with E-state index in [1.54, 1.807) is 13.0 Å². The number of nitrogen functional groups attached to an aromatic ring is 1. The number of hydrogen-bond acceptors (Lipinski definition) is 4. The third-order valence-corrected chi connectivity index (χ3v) is 5.49. The maximum Gasteiger partial charge on any atom is 0.219 e. The molecule has 0 radical (unpaired) electrons. The molecule has 0 bridgehead atoms. The molecule has 2 heterocycles. The van der Waals surface area contributed by atoms with Crippen LogP contribution in [0.1, 0.15) is 36.8 Å². The molecule has 2 saturated heterocycles. The Morgan fingerprint density at radius 3 is 2.57 bits per heavy atom. The van der Waals surface area contributed by atoms with Crippen LogP contribution in [0.5, 0.6) is 0 Å². The van der Waals surface area contributed by atoms with Crippen molar-refractivity contribution < 1.29 is 4.79 Å². The van der Waals surface area contributed by atoms with Crippen molar-refractivity contribution in [2.24, 2.45) is 0 Å². The van der Waals surface area contributed by atoms with Crippen LogP contribution >= 0.6 is 11.6 Å². The molecule has 1 amide bonds. The zero-order chi connectivity index (χ0) is 16.6. The van der Waals surface area contributed by atoms with E-state index in [0.29, 0.717) is 28.2 Å². The zero-order valence-corrected chi connectivity index (χ0v) is 14.0. The van der Waals surface area contributed by atoms with E-state index in [-0.39, 0.29) is 5.91 Å². The monoisotopic (exact) mass is 332 g/mol. The second-order valence-electron chi connectivity index (χ2n) is 6.47. The largest absolute Gasteiger partial charge is 0.397 e. The predicted octanol–water partition coefficient (Wildman–Crippen LogP) is 2.20. The first-order valence-corrected chi connectivity index (χ1v) is 8.36. The van der Waals surface area contributed by atoms with Crippen LogP contribution in [0, 0.1) is 11.3 Å². The molecule has 1 aromatic rings. The van der Waals surface area contributed by atoms with Crippen LogP contribution in [-0.2, 0) is 4.79 Å². The van der Waals surface area contributed by atoms with Crippen molar-refractivity contribution in [3.63, 3.8) is 0 Å². The lowest BCUT2D eigenvalue weighted by molar-refractivity contribution is -0.136. The topological polar surface area (TPSA) is 73.4 Å². The van der Waals surface area contributed by atoms with E-state index in [2.05, 4.69) is 11.0 Å². The first-order chi connectivity index (χ1) is 11.0. The van der Waals surface area contributed by atoms with Crippen molar-refractivity contribution in [1.29, 1.82) is 5.26 Å². The zero-order valence-electron chi connectivity index (χ0n) is 13.3. The number of anilines is 1. The van der Waals surface area contributed by atoms with Crippen molar-refractivity contribution in [2.45, 2.75) is 31.7 Å². The summed E-state index contributed by atoms with van der Waals surface area (Å²) in [5.74, 6) is 0.505. The number of carbonyl (C=O) groups is 1. The molecule has 0 atom stereocenters. The number of hydrogen-bond donors (Lipinski definition) is 1. The number of nitriles is 1. The second-order valence-corrected chi connectivity index (χ2v) is 6.85. The molecular weight excluding hydrogens is 312 g/mol. The molecule has 122 valence electrons. The Balaban J connectivity index is 1.63. The number of piperidine rings is 1. The van der Waals surface area contributed by atoms with Gasteiger partial charge >= 0.3 is 0 Å². The van der Waals surface area contributed by atoms with Gasteiger partial charge < -0.3 is 10.6 Å². The maximum absolute atomic E-state index is 11.3. The number of rotatable bonds is 2. The van der Waals surface area contributed by atoms with Gasteiger partial charge in [0.2, 0.25) is 5.91 Å². The van der Waals surface area contributed by atoms with Gasteiger partial charge in [0.05, 0.1) is 22.3 Å². The number of halogens is 1. The highest BCUT2D eigenvalue weighted by molar-refractivity contribution is 6.34. The van der Waals surface area contributed by atoms with Crippen molar-refractivity contribution >= 4 is 23.2 Å². The predicted molar refractivity (Wildman–Crippen MR) is 90.2 cm³/mol. The average Bonchev–Trinajstić information content (AvgIpc) is 2.49. The van der Waals surface area contributed by atoms with Gasteiger partial charge in [-0.25, -0.2) is 0 Å². The fourth-order valence-electron chi connectivity index (χ4n) is 3.55. The Morgan fingerprint density at radius 2 is 2.00 bits per heavy atom. The third-order valence-electron chi connectivity index (χ3n) is 5.05. The third kappa shape index (κ3) is 3.15. The lowest BCUT2D eigenvalue weighted by Gasteiger charge is -2.47. The molecule has 0 unspecified atom stereocenters. The van der Waals surface area contributed by atoms with Gasteiger partial charge in [0.15, 0.2) is 0 Å². The van der Waals surface area contributed by atoms with Crippen LogP contribution < -0.4 is 5.73 Å². The molecule has 0 aliphatic carbocycles. The lowest BCUT2D eigenvalue weighted by atomic mass is 9.87. The van der Waals surface area contributed by atoms with Crippen molar-refractivity contribution in [1.82, 2.24) is 9.80 Å². The molecule has 1 aromatic carbocycles. The van der Waals surface area contributed by atoms with Gasteiger partial charge in [-0.05, 0) is 49.5 Å². The standard InChI is InChI=1S/C17H21ClN4O/c1-11(23)22-9-14(10-22)21-4-2-13(3-5-21)15-6-12(8-19)7-16(20)17(15)18/h6-7,13-14H,2-5,9-10,20H2,1H3. The van der Waals surface area contributed by atoms with E-state index >= 15 is 0 Å². The first-order valence-electron chi connectivity index (χ1n) is 7.98. The highest BCUT2D eigenvalue weighted by atomic mass is 35.5. The molecule has 0 spiro atoms. The molecular formula is C17H21ClN4O. The number of likely N-dealkylation sites (tertiary alicyclic amines) is 2. The van der Waals surface area contributed by atoms with Crippen LogP contribution in [0.3, 0.4) is 0 Å². The highest BCUT2D eigenvalue weighted by Crippen LogP contribution is 2.37. The van der Waals surface area contributed by atoms with Gasteiger partial charge in [-0.15, -0.1) is 0 Å². The smallest absolute Gasteiger partial charge is 0.219 e. The minimum Gasteiger partial charge on any atom is -0.397 e. The average molecular weight is 333 g/mol. The number of amides is 1. The van der Waals surface area contributed by atoms with E-state index in [1.165, 1.54) is 0 Å². The van der Waals surface area contributed by atoms with Gasteiger partial charge in [-0.3, -0.25) is 9.69 Å². The van der Waals surface area contributed by atoms with Gasteiger partial charge in [0, 0.05) is 26.1 Å². The fraction of sp³-hybridized carbons (Fsp3) is 0.529. The second kappa shape index (κ2) is 6.38. The minimum absolute atomic E-state index is 0.159. The van der Waals surface area contributed by atoms with E-state index in [9.17, 15) is 4.79 Å². The lowest BCUT2D eigenvalue weighted by Crippen LogP contribution is -2.61. The molecule has 2 N–H and O–H groups in total. The summed E-state index contributed by atoms with van der Waals surface area (Å²) in [6.45, 7) is 5.30. The van der Waals surface area contributed by atoms with Crippen LogP contribution in [-0.4, -0.2) is 47.9 Å². The minimum atomic E-state index is 0.159. The van der Waals surface area contributed by atoms with E-state index in [4.69, 9.17) is 22.6 Å². The van der Waals surface area contributed by atoms with Gasteiger partial charge in [-0.1, -0.05) is 11.6 Å². The summed E-state index contributed by atoms with van der Waals surface area (Å²) < 4.78 is 0. The number of nitrogens with zero attached hydrogens (tertiary/aromatic N) is 3. The molecule has 5 nitrogen and oxygen atoms in total. The van der Waals surface area contributed by atoms with Crippen molar-refractivity contribution in [3.05, 3.63) is 28.3 Å². The number of benzene rings is 1. The molecule has 23 heavy (non-hydrogen) atoms. The van der Waals surface area contributed by atoms with Crippen LogP contribution in [0.15, 0.2) is 12.1 Å². The van der Waals surface area contributed by atoms with E-state index in [1.807, 2.05) is 11.0 Å². The maximum atomic E-state index is 11.3. The highest BCUT2D eigenvalue weighted by Gasteiger charge is 2.35. The summed E-state index contributed by atoms with van der Waals surface area (Å²) in [4.78, 5) is 15.6. The summed E-state index contributed by atoms with van der Waals surface area (Å²) >= 11 is 6.35. The fourth-order valence-corrected chi connectivity index (χ4v) is 3.81. The summed E-state index contributed by atoms with van der Waals surface area (Å²) in [6.07, 6.45) is 2.01. The molecule has 2 fully saturated rings. The van der Waals surface area contributed by atoms with Crippen LogP contribution in [0.2, 0.25) is 5.02 Å². The Morgan fingerprint density at radius 1 is 1.35 bits per heavy atom. The number of carbonyl (C=O) groups excluding carboxylic acids is 1. The van der Waals surface area contributed by atoms with Crippen LogP contribution in [0.25, 0.3) is 0 Å². The van der Waals surface area contributed by atoms with Gasteiger partial charge in [-0.2, -0.15) is 5.26 Å². The Labute approximate surface area is 141 Å². The summed E-state index contributed by atoms with van der Waals surface area (Å²) in [5, 5.41) is 9.70. The van der Waals surface area contributed by atoms with Crippen molar-refractivity contribution in [3.8, 4) is 6.07 Å². The molecule has 6 heteroatoms. The molecule has 2 aliphatic rings. The van der Waals surface area contributed by atoms with Crippen molar-refractivity contribution in [2.75, 3.05) is 31.9 Å². The van der Waals surface area contributed by atoms with Crippen LogP contribution in [0.4, 0.5) is 5.69 Å². The molecule has 2 aliphatic heterocycles. The van der Waals surface area contributed by atoms with E-state index < -0.39 is 0 Å². The molecule has 0 saturated carbocycles. The molecule has 3 rings (SSSR count).